The van der Waals surface area contributed by atoms with Gasteiger partial charge in [0.25, 0.3) is 0 Å². The van der Waals surface area contributed by atoms with E-state index >= 15 is 4.39 Å². The Hall–Kier alpha value is -3.38. The minimum Gasteiger partial charge on any atom is -0.489 e. The molecule has 0 aliphatic heterocycles. The number of ether oxygens (including phenoxy) is 1. The summed E-state index contributed by atoms with van der Waals surface area (Å²) in [4.78, 5) is 11.2. The molecule has 0 amide bonds. The van der Waals surface area contributed by atoms with Crippen molar-refractivity contribution in [3.63, 3.8) is 0 Å². The Morgan fingerprint density at radius 1 is 1.18 bits per heavy atom. The van der Waals surface area contributed by atoms with Crippen LogP contribution in [-0.4, -0.2) is 17.6 Å². The van der Waals surface area contributed by atoms with Crippen molar-refractivity contribution in [2.45, 2.75) is 38.8 Å². The van der Waals surface area contributed by atoms with Crippen molar-refractivity contribution in [1.29, 1.82) is 0 Å². The Labute approximate surface area is 193 Å². The average molecular weight is 449 g/mol. The lowest BCUT2D eigenvalue weighted by atomic mass is 9.97. The van der Waals surface area contributed by atoms with Crippen LogP contribution in [-0.2, 0) is 17.8 Å². The molecule has 1 fully saturated rings. The van der Waals surface area contributed by atoms with Crippen molar-refractivity contribution >= 4 is 11.7 Å². The van der Waals surface area contributed by atoms with Gasteiger partial charge in [-0.2, -0.15) is 0 Å². The number of nitrogens with two attached hydrogens (primary N) is 1. The monoisotopic (exact) mass is 448 g/mol. The number of carboxylic acid groups (broad SMARTS) is 1. The first-order chi connectivity index (χ1) is 15.9. The molecule has 4 rings (SSSR count). The maximum Gasteiger partial charge on any atom is 0.307 e. The molecule has 0 spiro atoms. The highest BCUT2D eigenvalue weighted by atomic mass is 19.1. The zero-order valence-corrected chi connectivity index (χ0v) is 18.7. The summed E-state index contributed by atoms with van der Waals surface area (Å²) in [5.41, 5.74) is 10.1. The second-order valence-electron chi connectivity index (χ2n) is 8.71. The van der Waals surface area contributed by atoms with Crippen LogP contribution >= 0.6 is 0 Å². The van der Waals surface area contributed by atoms with Crippen LogP contribution in [0.15, 0.2) is 60.7 Å². The summed E-state index contributed by atoms with van der Waals surface area (Å²) in [6.45, 7) is 2.88. The molecule has 1 atom stereocenters. The second-order valence-corrected chi connectivity index (χ2v) is 8.71. The Kier molecular flexibility index (Phi) is 6.94. The maximum atomic E-state index is 15.2. The highest BCUT2D eigenvalue weighted by molar-refractivity contribution is 5.72. The van der Waals surface area contributed by atoms with Crippen molar-refractivity contribution in [3.8, 4) is 16.9 Å². The van der Waals surface area contributed by atoms with Crippen molar-refractivity contribution in [2.75, 3.05) is 11.9 Å². The average Bonchev–Trinajstić information content (AvgIpc) is 3.61. The second kappa shape index (κ2) is 10.0. The van der Waals surface area contributed by atoms with Crippen molar-refractivity contribution in [3.05, 3.63) is 83.2 Å². The van der Waals surface area contributed by atoms with Crippen molar-refractivity contribution in [2.24, 2.45) is 11.7 Å². The standard InChI is InChI=1S/C27H29FN2O3/c1-17(29)23-6-4-7-24(27(23)28)21-11-19(12-22(13-21)30-15-18-9-10-18)16-33-25-8-3-2-5-20(25)14-26(31)32/h2-8,11-13,17-18,30H,9-10,14-16,29H2,1H3,(H,31,32)/t17-/m1/s1. The van der Waals surface area contributed by atoms with Crippen molar-refractivity contribution < 1.29 is 19.0 Å². The van der Waals surface area contributed by atoms with Crippen molar-refractivity contribution in [1.82, 2.24) is 0 Å². The van der Waals surface area contributed by atoms with Crippen LogP contribution < -0.4 is 15.8 Å². The maximum absolute atomic E-state index is 15.2. The number of nitrogens with one attached hydrogen (secondary N) is 1. The first-order valence-electron chi connectivity index (χ1n) is 11.3. The van der Waals surface area contributed by atoms with Crippen LogP contribution in [0.25, 0.3) is 11.1 Å². The van der Waals surface area contributed by atoms with Gasteiger partial charge in [0.2, 0.25) is 0 Å². The summed E-state index contributed by atoms with van der Waals surface area (Å²) < 4.78 is 21.2. The van der Waals surface area contributed by atoms with Gasteiger partial charge in [-0.1, -0.05) is 36.4 Å². The van der Waals surface area contributed by atoms with E-state index in [9.17, 15) is 4.79 Å². The summed E-state index contributed by atoms with van der Waals surface area (Å²) in [6, 6.07) is 17.9. The normalized spacial score (nSPS) is 14.0. The molecule has 172 valence electrons. The third-order valence-electron chi connectivity index (χ3n) is 5.82. The van der Waals surface area contributed by atoms with Gasteiger partial charge in [-0.25, -0.2) is 4.39 Å². The first kappa shape index (κ1) is 22.8. The van der Waals surface area contributed by atoms with E-state index in [2.05, 4.69) is 5.32 Å². The Balaban J connectivity index is 1.63. The molecule has 1 aliphatic rings. The number of hydrogen-bond donors (Lipinski definition) is 3. The molecule has 0 bridgehead atoms. The Bertz CT molecular complexity index is 1140. The first-order valence-corrected chi connectivity index (χ1v) is 11.3. The van der Waals surface area contributed by atoms with E-state index in [-0.39, 0.29) is 18.8 Å². The van der Waals surface area contributed by atoms with E-state index in [1.807, 2.05) is 30.3 Å². The summed E-state index contributed by atoms with van der Waals surface area (Å²) in [7, 11) is 0. The third-order valence-corrected chi connectivity index (χ3v) is 5.82. The number of aliphatic carboxylic acids is 1. The molecule has 0 unspecified atom stereocenters. The van der Waals surface area contributed by atoms with E-state index in [1.165, 1.54) is 12.8 Å². The molecule has 0 heterocycles. The fraction of sp³-hybridized carbons (Fsp3) is 0.296. The predicted molar refractivity (Wildman–Crippen MR) is 128 cm³/mol. The summed E-state index contributed by atoms with van der Waals surface area (Å²) >= 11 is 0. The van der Waals surface area contributed by atoms with E-state index in [4.69, 9.17) is 15.6 Å². The lowest BCUT2D eigenvalue weighted by molar-refractivity contribution is -0.136. The quantitative estimate of drug-likeness (QED) is 0.379. The molecule has 6 heteroatoms. The van der Waals surface area contributed by atoms with Gasteiger partial charge in [0.15, 0.2) is 0 Å². The van der Waals surface area contributed by atoms with Gasteiger partial charge >= 0.3 is 5.97 Å². The molecular formula is C27H29FN2O3. The number of anilines is 1. The number of halogens is 1. The molecule has 1 aliphatic carbocycles. The van der Waals surface area contributed by atoms with Crippen LogP contribution in [0.2, 0.25) is 0 Å². The van der Waals surface area contributed by atoms with Crippen LogP contribution in [0.4, 0.5) is 10.1 Å². The number of carboxylic acids is 1. The summed E-state index contributed by atoms with van der Waals surface area (Å²) in [5, 5.41) is 12.6. The van der Waals surface area contributed by atoms with Gasteiger partial charge in [0, 0.05) is 35.0 Å². The Morgan fingerprint density at radius 2 is 1.97 bits per heavy atom. The smallest absolute Gasteiger partial charge is 0.307 e. The SMILES string of the molecule is C[C@@H](N)c1cccc(-c2cc(COc3ccccc3CC(=O)O)cc(NCC3CC3)c2)c1F. The minimum absolute atomic E-state index is 0.111. The van der Waals surface area contributed by atoms with E-state index in [1.54, 1.807) is 37.3 Å². The fourth-order valence-electron chi connectivity index (χ4n) is 3.86. The van der Waals surface area contributed by atoms with Crippen LogP contribution in [0.5, 0.6) is 5.75 Å². The Morgan fingerprint density at radius 3 is 2.70 bits per heavy atom. The number of para-hydroxylation sites is 1. The van der Waals surface area contributed by atoms with Crippen LogP contribution in [0.3, 0.4) is 0 Å². The van der Waals surface area contributed by atoms with Gasteiger partial charge < -0.3 is 20.9 Å². The van der Waals surface area contributed by atoms with Gasteiger partial charge in [-0.3, -0.25) is 4.79 Å². The van der Waals surface area contributed by atoms with Crippen LogP contribution in [0, 0.1) is 11.7 Å². The molecular weight excluding hydrogens is 419 g/mol. The van der Waals surface area contributed by atoms with E-state index in [0.717, 1.165) is 23.4 Å². The molecule has 1 saturated carbocycles. The molecule has 3 aromatic rings. The molecule has 0 radical (unpaired) electrons. The molecule has 4 N–H and O–H groups in total. The lowest BCUT2D eigenvalue weighted by Gasteiger charge is -2.16. The zero-order valence-electron chi connectivity index (χ0n) is 18.7. The highest BCUT2D eigenvalue weighted by Crippen LogP contribution is 2.33. The largest absolute Gasteiger partial charge is 0.489 e. The lowest BCUT2D eigenvalue weighted by Crippen LogP contribution is -2.08. The van der Waals surface area contributed by atoms with Gasteiger partial charge in [0.1, 0.15) is 18.2 Å². The minimum atomic E-state index is -0.913. The number of carbonyl (C=O) groups is 1. The number of rotatable bonds is 10. The molecule has 0 saturated heterocycles. The topological polar surface area (TPSA) is 84.6 Å². The van der Waals surface area contributed by atoms with E-state index in [0.29, 0.717) is 28.4 Å². The van der Waals surface area contributed by atoms with E-state index < -0.39 is 12.0 Å². The predicted octanol–water partition coefficient (Wildman–Crippen LogP) is 5.54. The molecule has 3 aromatic carbocycles. The van der Waals surface area contributed by atoms with Gasteiger partial charge in [-0.05, 0) is 61.1 Å². The molecule has 0 aromatic heterocycles. The van der Waals surface area contributed by atoms with Gasteiger partial charge in [-0.15, -0.1) is 0 Å². The summed E-state index contributed by atoms with van der Waals surface area (Å²) in [6.07, 6.45) is 2.35. The molecule has 33 heavy (non-hydrogen) atoms. The number of hydrogen-bond acceptors (Lipinski definition) is 4. The van der Waals surface area contributed by atoms with Gasteiger partial charge in [0.05, 0.1) is 6.42 Å². The zero-order chi connectivity index (χ0) is 23.4. The highest BCUT2D eigenvalue weighted by Gasteiger charge is 2.21. The molecule has 5 nitrogen and oxygen atoms in total. The number of benzene rings is 3. The summed E-state index contributed by atoms with van der Waals surface area (Å²) in [5.74, 6) is -0.00746. The van der Waals surface area contributed by atoms with Crippen LogP contribution in [0.1, 0.15) is 42.5 Å². The third kappa shape index (κ3) is 5.90. The fourth-order valence-corrected chi connectivity index (χ4v) is 3.86.